The van der Waals surface area contributed by atoms with Gasteiger partial charge in [-0.3, -0.25) is 0 Å². The van der Waals surface area contributed by atoms with Crippen LogP contribution in [-0.2, 0) is 4.79 Å². The maximum absolute atomic E-state index is 11.9. The molecule has 0 amide bonds. The minimum absolute atomic E-state index is 0.122. The zero-order valence-corrected chi connectivity index (χ0v) is 10.8. The lowest BCUT2D eigenvalue weighted by molar-refractivity contribution is 0.0730. The molecular weight excluding hydrogens is 282 g/mol. The first kappa shape index (κ1) is 13.8. The van der Waals surface area contributed by atoms with Crippen LogP contribution >= 0.6 is 11.6 Å². The molecule has 0 atom stereocenters. The quantitative estimate of drug-likeness (QED) is 0.407. The molecule has 0 unspecified atom stereocenters. The highest BCUT2D eigenvalue weighted by atomic mass is 35.5. The summed E-state index contributed by atoms with van der Waals surface area (Å²) >= 11 is 5.79. The second kappa shape index (κ2) is 6.02. The van der Waals surface area contributed by atoms with Gasteiger partial charge in [0.25, 0.3) is 0 Å². The Labute approximate surface area is 119 Å². The molecule has 100 valence electrons. The van der Waals surface area contributed by atoms with Gasteiger partial charge in [-0.1, -0.05) is 29.8 Å². The Morgan fingerprint density at radius 1 is 1.25 bits per heavy atom. The van der Waals surface area contributed by atoms with Gasteiger partial charge in [-0.25, -0.2) is 9.59 Å². The minimum atomic E-state index is -0.663. The number of ether oxygens (including phenoxy) is 1. The van der Waals surface area contributed by atoms with E-state index in [9.17, 15) is 14.7 Å². The number of nitrogens with zero attached hydrogens (tertiary/aromatic N) is 1. The van der Waals surface area contributed by atoms with Crippen molar-refractivity contribution in [2.45, 2.75) is 0 Å². The van der Waals surface area contributed by atoms with Gasteiger partial charge in [0.1, 0.15) is 5.69 Å². The number of hydrogen-bond donors (Lipinski definition) is 1. The van der Waals surface area contributed by atoms with Gasteiger partial charge >= 0.3 is 5.97 Å². The zero-order chi connectivity index (χ0) is 14.5. The van der Waals surface area contributed by atoms with Crippen LogP contribution in [0.1, 0.15) is 10.4 Å². The summed E-state index contributed by atoms with van der Waals surface area (Å²) in [5.74, 6) is -1.30. The van der Waals surface area contributed by atoms with Crippen LogP contribution < -0.4 is 4.74 Å². The summed E-state index contributed by atoms with van der Waals surface area (Å²) in [6, 6.07) is 10.7. The molecule has 0 aromatic heterocycles. The first-order valence-electron chi connectivity index (χ1n) is 5.49. The van der Waals surface area contributed by atoms with Gasteiger partial charge in [0.05, 0.1) is 5.56 Å². The molecule has 2 aromatic carbocycles. The monoisotopic (exact) mass is 289 g/mol. The molecule has 0 aliphatic carbocycles. The molecular formula is C14H8ClNO4. The van der Waals surface area contributed by atoms with Gasteiger partial charge in [0, 0.05) is 11.1 Å². The van der Waals surface area contributed by atoms with Gasteiger partial charge in [-0.15, -0.1) is 0 Å². The maximum atomic E-state index is 11.9. The number of hydrogen-bond acceptors (Lipinski definition) is 5. The maximum Gasteiger partial charge on any atom is 0.343 e. The van der Waals surface area contributed by atoms with Crippen LogP contribution in [0.15, 0.2) is 47.5 Å². The Balaban J connectivity index is 2.34. The molecule has 6 heteroatoms. The zero-order valence-electron chi connectivity index (χ0n) is 10.0. The number of rotatable bonds is 3. The van der Waals surface area contributed by atoms with E-state index in [1.165, 1.54) is 18.2 Å². The van der Waals surface area contributed by atoms with Crippen LogP contribution in [0, 0.1) is 0 Å². The number of carbonyl (C=O) groups excluding carboxylic acids is 2. The van der Waals surface area contributed by atoms with E-state index in [1.807, 2.05) is 0 Å². The Kier molecular flexibility index (Phi) is 4.15. The van der Waals surface area contributed by atoms with Gasteiger partial charge in [0.2, 0.25) is 6.08 Å². The standard InChI is InChI=1S/C14H8ClNO4/c15-10-6-11(16-8-17)13(18)12(7-10)20-14(19)9-4-2-1-3-5-9/h1-7,18H. The number of aliphatic imine (C=N–C) groups is 1. The molecule has 0 spiro atoms. The number of phenols is 1. The summed E-state index contributed by atoms with van der Waals surface area (Å²) in [4.78, 5) is 25.4. The van der Waals surface area contributed by atoms with Crippen LogP contribution in [-0.4, -0.2) is 17.2 Å². The average molecular weight is 290 g/mol. The largest absolute Gasteiger partial charge is 0.503 e. The predicted octanol–water partition coefficient (Wildman–Crippen LogP) is 3.23. The van der Waals surface area contributed by atoms with Gasteiger partial charge in [-0.05, 0) is 18.2 Å². The summed E-state index contributed by atoms with van der Waals surface area (Å²) < 4.78 is 5.04. The van der Waals surface area contributed by atoms with Crippen molar-refractivity contribution in [3.8, 4) is 11.5 Å². The van der Waals surface area contributed by atoms with Crippen molar-refractivity contribution in [1.29, 1.82) is 0 Å². The van der Waals surface area contributed by atoms with Crippen molar-refractivity contribution in [2.24, 2.45) is 4.99 Å². The fourth-order valence-electron chi connectivity index (χ4n) is 1.51. The number of halogens is 1. The van der Waals surface area contributed by atoms with Crippen LogP contribution in [0.3, 0.4) is 0 Å². The SMILES string of the molecule is O=C=Nc1cc(Cl)cc(OC(=O)c2ccccc2)c1O. The third kappa shape index (κ3) is 3.03. The highest BCUT2D eigenvalue weighted by molar-refractivity contribution is 6.31. The molecule has 2 aromatic rings. The molecule has 5 nitrogen and oxygen atoms in total. The third-order valence-electron chi connectivity index (χ3n) is 2.40. The van der Waals surface area contributed by atoms with Crippen LogP contribution in [0.5, 0.6) is 11.5 Å². The second-order valence-electron chi connectivity index (χ2n) is 3.73. The summed E-state index contributed by atoms with van der Waals surface area (Å²) in [5.41, 5.74) is 0.190. The van der Waals surface area contributed by atoms with Gasteiger partial charge < -0.3 is 9.84 Å². The Hall–Kier alpha value is -2.62. The molecule has 0 saturated heterocycles. The molecule has 0 bridgehead atoms. The fourth-order valence-corrected chi connectivity index (χ4v) is 1.71. The van der Waals surface area contributed by atoms with E-state index in [1.54, 1.807) is 30.3 Å². The van der Waals surface area contributed by atoms with Crippen molar-refractivity contribution < 1.29 is 19.4 Å². The first-order valence-corrected chi connectivity index (χ1v) is 5.87. The van der Waals surface area contributed by atoms with Crippen LogP contribution in [0.2, 0.25) is 5.02 Å². The summed E-state index contributed by atoms with van der Waals surface area (Å²) in [6.45, 7) is 0. The van der Waals surface area contributed by atoms with E-state index < -0.39 is 11.7 Å². The highest BCUT2D eigenvalue weighted by Crippen LogP contribution is 2.39. The summed E-state index contributed by atoms with van der Waals surface area (Å²) in [7, 11) is 0. The second-order valence-corrected chi connectivity index (χ2v) is 4.17. The molecule has 0 aliphatic rings. The molecule has 0 fully saturated rings. The third-order valence-corrected chi connectivity index (χ3v) is 2.62. The number of benzene rings is 2. The number of isocyanates is 1. The topological polar surface area (TPSA) is 76.0 Å². The van der Waals surface area contributed by atoms with Crippen LogP contribution in [0.4, 0.5) is 5.69 Å². The van der Waals surface area contributed by atoms with Crippen molar-refractivity contribution in [3.05, 3.63) is 53.1 Å². The minimum Gasteiger partial charge on any atom is -0.503 e. The van der Waals surface area contributed by atoms with Gasteiger partial charge in [0.15, 0.2) is 11.5 Å². The molecule has 0 aliphatic heterocycles. The molecule has 20 heavy (non-hydrogen) atoms. The van der Waals surface area contributed by atoms with E-state index in [2.05, 4.69) is 4.99 Å². The first-order chi connectivity index (χ1) is 9.61. The number of esters is 1. The molecule has 0 saturated carbocycles. The average Bonchev–Trinajstić information content (AvgIpc) is 2.45. The van der Waals surface area contributed by atoms with E-state index in [0.717, 1.165) is 0 Å². The summed E-state index contributed by atoms with van der Waals surface area (Å²) in [5, 5.41) is 9.99. The van der Waals surface area contributed by atoms with E-state index >= 15 is 0 Å². The van der Waals surface area contributed by atoms with Crippen molar-refractivity contribution in [1.82, 2.24) is 0 Å². The lowest BCUT2D eigenvalue weighted by Gasteiger charge is -2.08. The predicted molar refractivity (Wildman–Crippen MR) is 72.3 cm³/mol. The number of aromatic hydroxyl groups is 1. The normalized spacial score (nSPS) is 9.65. The van der Waals surface area contributed by atoms with Crippen molar-refractivity contribution in [2.75, 3.05) is 0 Å². The molecule has 2 rings (SSSR count). The number of phenolic OH excluding ortho intramolecular Hbond substituents is 1. The van der Waals surface area contributed by atoms with E-state index in [0.29, 0.717) is 5.56 Å². The smallest absolute Gasteiger partial charge is 0.343 e. The van der Waals surface area contributed by atoms with Gasteiger partial charge in [-0.2, -0.15) is 4.99 Å². The molecule has 0 heterocycles. The summed E-state index contributed by atoms with van der Waals surface area (Å²) in [6.07, 6.45) is 1.28. The van der Waals surface area contributed by atoms with Crippen LogP contribution in [0.25, 0.3) is 0 Å². The Morgan fingerprint density at radius 2 is 1.95 bits per heavy atom. The van der Waals surface area contributed by atoms with Crippen molar-refractivity contribution >= 4 is 29.3 Å². The lowest BCUT2D eigenvalue weighted by Crippen LogP contribution is -2.08. The van der Waals surface area contributed by atoms with E-state index in [-0.39, 0.29) is 16.5 Å². The number of carbonyl (C=O) groups is 1. The Bertz CT molecular complexity index is 694. The van der Waals surface area contributed by atoms with Crippen molar-refractivity contribution in [3.63, 3.8) is 0 Å². The lowest BCUT2D eigenvalue weighted by atomic mass is 10.2. The molecule has 0 radical (unpaired) electrons. The fraction of sp³-hybridized carbons (Fsp3) is 0. The Morgan fingerprint density at radius 3 is 2.60 bits per heavy atom. The highest BCUT2D eigenvalue weighted by Gasteiger charge is 2.15. The molecule has 1 N–H and O–H groups in total. The van der Waals surface area contributed by atoms with E-state index in [4.69, 9.17) is 16.3 Å².